The minimum Gasteiger partial charge on any atom is -0.381 e. The Labute approximate surface area is 123 Å². The lowest BCUT2D eigenvalue weighted by Gasteiger charge is -2.08. The summed E-state index contributed by atoms with van der Waals surface area (Å²) in [4.78, 5) is 4.12. The summed E-state index contributed by atoms with van der Waals surface area (Å²) in [5, 5.41) is 14.4. The van der Waals surface area contributed by atoms with E-state index >= 15 is 0 Å². The molecule has 0 saturated carbocycles. The van der Waals surface area contributed by atoms with E-state index in [1.54, 1.807) is 0 Å². The van der Waals surface area contributed by atoms with E-state index in [9.17, 15) is 0 Å². The van der Waals surface area contributed by atoms with Crippen molar-refractivity contribution in [3.8, 4) is 6.07 Å². The first-order valence-corrected chi connectivity index (χ1v) is 6.87. The third kappa shape index (κ3) is 3.18. The molecule has 0 saturated heterocycles. The van der Waals surface area contributed by atoms with Gasteiger partial charge in [-0.3, -0.25) is 4.98 Å². The van der Waals surface area contributed by atoms with E-state index in [1.807, 2.05) is 42.7 Å². The van der Waals surface area contributed by atoms with Crippen molar-refractivity contribution < 1.29 is 0 Å². The molecule has 1 heterocycles. The van der Waals surface area contributed by atoms with Crippen LogP contribution in [0.1, 0.15) is 11.1 Å². The molecule has 3 rings (SSSR count). The van der Waals surface area contributed by atoms with Crippen LogP contribution in [0.15, 0.2) is 60.9 Å². The van der Waals surface area contributed by atoms with E-state index in [0.29, 0.717) is 6.42 Å². The number of anilines is 1. The van der Waals surface area contributed by atoms with Crippen LogP contribution >= 0.6 is 0 Å². The van der Waals surface area contributed by atoms with Gasteiger partial charge in [0.15, 0.2) is 0 Å². The second-order valence-electron chi connectivity index (χ2n) is 4.94. The van der Waals surface area contributed by atoms with Gasteiger partial charge in [-0.2, -0.15) is 5.26 Å². The van der Waals surface area contributed by atoms with Crippen molar-refractivity contribution in [2.45, 2.75) is 13.0 Å². The number of fused-ring (bicyclic) bond motifs is 1. The molecule has 0 aliphatic carbocycles. The molecule has 0 unspecified atom stereocenters. The van der Waals surface area contributed by atoms with Crippen LogP contribution in [0.2, 0.25) is 0 Å². The zero-order valence-electron chi connectivity index (χ0n) is 11.6. The smallest absolute Gasteiger partial charge is 0.0669 e. The zero-order chi connectivity index (χ0) is 14.5. The van der Waals surface area contributed by atoms with Crippen LogP contribution in [0.4, 0.5) is 5.69 Å². The molecule has 0 bridgehead atoms. The highest BCUT2D eigenvalue weighted by molar-refractivity contribution is 5.82. The summed E-state index contributed by atoms with van der Waals surface area (Å²) in [6, 6.07) is 18.5. The number of aromatic nitrogens is 1. The van der Waals surface area contributed by atoms with Gasteiger partial charge < -0.3 is 5.32 Å². The lowest BCUT2D eigenvalue weighted by molar-refractivity contribution is 1.15. The Morgan fingerprint density at radius 2 is 1.76 bits per heavy atom. The largest absolute Gasteiger partial charge is 0.381 e. The normalized spacial score (nSPS) is 10.2. The van der Waals surface area contributed by atoms with Gasteiger partial charge in [0.05, 0.1) is 12.5 Å². The molecule has 0 atom stereocenters. The summed E-state index contributed by atoms with van der Waals surface area (Å²) < 4.78 is 0. The predicted molar refractivity (Wildman–Crippen MR) is 84.8 cm³/mol. The van der Waals surface area contributed by atoms with Crippen LogP contribution in [0.25, 0.3) is 10.8 Å². The van der Waals surface area contributed by atoms with Crippen molar-refractivity contribution in [1.29, 1.82) is 5.26 Å². The van der Waals surface area contributed by atoms with Crippen molar-refractivity contribution in [3.05, 3.63) is 72.1 Å². The number of benzene rings is 2. The molecule has 3 heteroatoms. The standard InChI is InChI=1S/C18H15N3/c19-9-7-14-2-5-18(6-3-14)21-12-15-1-4-17-13-20-10-8-16(17)11-15/h1-6,8,10-11,13,21H,7,12H2. The predicted octanol–water partition coefficient (Wildman–Crippen LogP) is 3.91. The monoisotopic (exact) mass is 273 g/mol. The molecular formula is C18H15N3. The molecule has 1 aromatic heterocycles. The maximum atomic E-state index is 8.66. The summed E-state index contributed by atoms with van der Waals surface area (Å²) in [6.07, 6.45) is 4.15. The lowest BCUT2D eigenvalue weighted by Crippen LogP contribution is -1.99. The topological polar surface area (TPSA) is 48.7 Å². The fourth-order valence-corrected chi connectivity index (χ4v) is 2.28. The van der Waals surface area contributed by atoms with E-state index in [1.165, 1.54) is 10.9 Å². The molecule has 0 radical (unpaired) electrons. The second-order valence-corrected chi connectivity index (χ2v) is 4.94. The first-order chi connectivity index (χ1) is 10.3. The van der Waals surface area contributed by atoms with E-state index in [-0.39, 0.29) is 0 Å². The molecule has 0 spiro atoms. The van der Waals surface area contributed by atoms with E-state index in [2.05, 4.69) is 34.6 Å². The average Bonchev–Trinajstić information content (AvgIpc) is 2.54. The van der Waals surface area contributed by atoms with Crippen molar-refractivity contribution in [2.24, 2.45) is 0 Å². The van der Waals surface area contributed by atoms with Crippen molar-refractivity contribution in [3.63, 3.8) is 0 Å². The van der Waals surface area contributed by atoms with Gasteiger partial charge in [-0.1, -0.05) is 24.3 Å². The zero-order valence-corrected chi connectivity index (χ0v) is 11.6. The van der Waals surface area contributed by atoms with E-state index in [4.69, 9.17) is 5.26 Å². The summed E-state index contributed by atoms with van der Waals surface area (Å²) in [5.74, 6) is 0. The number of nitrogens with zero attached hydrogens (tertiary/aromatic N) is 2. The molecule has 21 heavy (non-hydrogen) atoms. The number of nitriles is 1. The highest BCUT2D eigenvalue weighted by Gasteiger charge is 1.98. The van der Waals surface area contributed by atoms with Crippen LogP contribution in [0.3, 0.4) is 0 Å². The fourth-order valence-electron chi connectivity index (χ4n) is 2.28. The van der Waals surface area contributed by atoms with Gasteiger partial charge in [-0.25, -0.2) is 0 Å². The summed E-state index contributed by atoms with van der Waals surface area (Å²) in [6.45, 7) is 0.774. The maximum absolute atomic E-state index is 8.66. The summed E-state index contributed by atoms with van der Waals surface area (Å²) in [7, 11) is 0. The van der Waals surface area contributed by atoms with Crippen LogP contribution in [0, 0.1) is 11.3 Å². The quantitative estimate of drug-likeness (QED) is 0.784. The first kappa shape index (κ1) is 13.1. The van der Waals surface area contributed by atoms with Crippen LogP contribution in [0.5, 0.6) is 0 Å². The number of pyridine rings is 1. The number of hydrogen-bond acceptors (Lipinski definition) is 3. The third-order valence-corrected chi connectivity index (χ3v) is 3.44. The SMILES string of the molecule is N#CCc1ccc(NCc2ccc3cnccc3c2)cc1. The molecule has 0 fully saturated rings. The van der Waals surface area contributed by atoms with Crippen molar-refractivity contribution in [2.75, 3.05) is 5.32 Å². The Hall–Kier alpha value is -2.86. The number of hydrogen-bond donors (Lipinski definition) is 1. The lowest BCUT2D eigenvalue weighted by atomic mass is 10.1. The molecular weight excluding hydrogens is 258 g/mol. The highest BCUT2D eigenvalue weighted by atomic mass is 14.9. The van der Waals surface area contributed by atoms with Crippen LogP contribution < -0.4 is 5.32 Å². The molecule has 0 aliphatic rings. The minimum atomic E-state index is 0.457. The van der Waals surface area contributed by atoms with Crippen LogP contribution in [-0.2, 0) is 13.0 Å². The van der Waals surface area contributed by atoms with Crippen LogP contribution in [-0.4, -0.2) is 4.98 Å². The molecule has 3 aromatic rings. The van der Waals surface area contributed by atoms with Gasteiger partial charge in [0.2, 0.25) is 0 Å². The first-order valence-electron chi connectivity index (χ1n) is 6.87. The second kappa shape index (κ2) is 6.06. The molecule has 2 aromatic carbocycles. The van der Waals surface area contributed by atoms with Crippen molar-refractivity contribution in [1.82, 2.24) is 4.98 Å². The van der Waals surface area contributed by atoms with Gasteiger partial charge in [0.25, 0.3) is 0 Å². The third-order valence-electron chi connectivity index (χ3n) is 3.44. The Bertz CT molecular complexity index is 785. The Balaban J connectivity index is 1.69. The Morgan fingerprint density at radius 3 is 2.57 bits per heavy atom. The average molecular weight is 273 g/mol. The molecule has 102 valence electrons. The Kier molecular flexibility index (Phi) is 3.79. The number of rotatable bonds is 4. The van der Waals surface area contributed by atoms with Gasteiger partial charge in [0, 0.05) is 30.0 Å². The van der Waals surface area contributed by atoms with Gasteiger partial charge in [-0.15, -0.1) is 0 Å². The number of nitrogens with one attached hydrogen (secondary N) is 1. The highest BCUT2D eigenvalue weighted by Crippen LogP contribution is 2.16. The van der Waals surface area contributed by atoms with E-state index < -0.39 is 0 Å². The van der Waals surface area contributed by atoms with Gasteiger partial charge >= 0.3 is 0 Å². The summed E-state index contributed by atoms with van der Waals surface area (Å²) in [5.41, 5.74) is 3.34. The Morgan fingerprint density at radius 1 is 0.952 bits per heavy atom. The molecule has 1 N–H and O–H groups in total. The van der Waals surface area contributed by atoms with E-state index in [0.717, 1.165) is 23.2 Å². The van der Waals surface area contributed by atoms with Gasteiger partial charge in [0.1, 0.15) is 0 Å². The fraction of sp³-hybridized carbons (Fsp3) is 0.111. The molecule has 0 amide bonds. The summed E-state index contributed by atoms with van der Waals surface area (Å²) >= 11 is 0. The minimum absolute atomic E-state index is 0.457. The van der Waals surface area contributed by atoms with Gasteiger partial charge in [-0.05, 0) is 40.8 Å². The molecule has 0 aliphatic heterocycles. The molecule has 3 nitrogen and oxygen atoms in total. The van der Waals surface area contributed by atoms with Crippen molar-refractivity contribution >= 4 is 16.5 Å². The maximum Gasteiger partial charge on any atom is 0.0669 e.